The summed E-state index contributed by atoms with van der Waals surface area (Å²) in [6.45, 7) is 0. The van der Waals surface area contributed by atoms with E-state index in [1.54, 1.807) is 44.6 Å². The molecule has 0 saturated carbocycles. The summed E-state index contributed by atoms with van der Waals surface area (Å²) in [5.41, 5.74) is 1.60. The van der Waals surface area contributed by atoms with E-state index in [0.29, 0.717) is 17.9 Å². The molecule has 4 heteroatoms. The number of benzene rings is 2. The zero-order valence-electron chi connectivity index (χ0n) is 11.5. The lowest BCUT2D eigenvalue weighted by atomic mass is 10.0. The molecule has 0 spiro atoms. The number of aliphatic hydroxyl groups excluding tert-OH is 1. The number of halogens is 1. The summed E-state index contributed by atoms with van der Waals surface area (Å²) in [6.07, 6.45) is -0.268. The fraction of sp³-hybridized carbons (Fsp3) is 0.250. The Morgan fingerprint density at radius 1 is 1.00 bits per heavy atom. The second-order valence-corrected chi connectivity index (χ2v) is 4.46. The molecule has 2 aromatic carbocycles. The van der Waals surface area contributed by atoms with E-state index >= 15 is 0 Å². The van der Waals surface area contributed by atoms with E-state index in [1.165, 1.54) is 12.1 Å². The smallest absolute Gasteiger partial charge is 0.161 e. The van der Waals surface area contributed by atoms with Crippen LogP contribution in [0.2, 0.25) is 0 Å². The van der Waals surface area contributed by atoms with Crippen molar-refractivity contribution < 1.29 is 19.0 Å². The number of hydrogen-bond donors (Lipinski definition) is 1. The van der Waals surface area contributed by atoms with Crippen molar-refractivity contribution in [2.24, 2.45) is 0 Å². The first-order valence-corrected chi connectivity index (χ1v) is 6.28. The Bertz CT molecular complexity index is 566. The molecule has 0 aliphatic heterocycles. The average molecular weight is 276 g/mol. The molecule has 0 radical (unpaired) electrons. The second kappa shape index (κ2) is 6.39. The van der Waals surface area contributed by atoms with Gasteiger partial charge in [0, 0.05) is 6.42 Å². The first-order chi connectivity index (χ1) is 9.63. The second-order valence-electron chi connectivity index (χ2n) is 4.46. The van der Waals surface area contributed by atoms with E-state index in [1.807, 2.05) is 0 Å². The summed E-state index contributed by atoms with van der Waals surface area (Å²) in [6, 6.07) is 11.4. The lowest BCUT2D eigenvalue weighted by Gasteiger charge is -2.14. The fourth-order valence-electron chi connectivity index (χ4n) is 2.02. The van der Waals surface area contributed by atoms with Crippen molar-refractivity contribution in [3.8, 4) is 11.5 Å². The third kappa shape index (κ3) is 3.27. The summed E-state index contributed by atoms with van der Waals surface area (Å²) < 4.78 is 23.2. The molecule has 0 bridgehead atoms. The van der Waals surface area contributed by atoms with Gasteiger partial charge in [-0.15, -0.1) is 0 Å². The van der Waals surface area contributed by atoms with Crippen LogP contribution in [-0.4, -0.2) is 19.3 Å². The van der Waals surface area contributed by atoms with Crippen molar-refractivity contribution in [3.05, 3.63) is 59.4 Å². The zero-order chi connectivity index (χ0) is 14.5. The van der Waals surface area contributed by atoms with Crippen molar-refractivity contribution in [1.82, 2.24) is 0 Å². The molecule has 0 heterocycles. The quantitative estimate of drug-likeness (QED) is 0.912. The van der Waals surface area contributed by atoms with Crippen LogP contribution in [0.3, 0.4) is 0 Å². The van der Waals surface area contributed by atoms with Crippen LogP contribution >= 0.6 is 0 Å². The number of ether oxygens (including phenoxy) is 2. The minimum absolute atomic E-state index is 0.283. The molecule has 2 rings (SSSR count). The molecule has 0 aliphatic carbocycles. The highest BCUT2D eigenvalue weighted by molar-refractivity contribution is 5.43. The van der Waals surface area contributed by atoms with Gasteiger partial charge in [0.2, 0.25) is 0 Å². The first kappa shape index (κ1) is 14.3. The van der Waals surface area contributed by atoms with E-state index in [2.05, 4.69) is 0 Å². The summed E-state index contributed by atoms with van der Waals surface area (Å²) in [7, 11) is 3.11. The lowest BCUT2D eigenvalue weighted by Crippen LogP contribution is -2.03. The Labute approximate surface area is 117 Å². The Morgan fingerprint density at radius 2 is 1.65 bits per heavy atom. The van der Waals surface area contributed by atoms with Crippen molar-refractivity contribution in [2.45, 2.75) is 12.5 Å². The minimum atomic E-state index is -0.680. The maximum atomic E-state index is 12.8. The minimum Gasteiger partial charge on any atom is -0.493 e. The highest BCUT2D eigenvalue weighted by Gasteiger charge is 2.12. The van der Waals surface area contributed by atoms with Crippen LogP contribution in [0.15, 0.2) is 42.5 Å². The van der Waals surface area contributed by atoms with Gasteiger partial charge in [-0.3, -0.25) is 0 Å². The average Bonchev–Trinajstić information content (AvgIpc) is 2.48. The molecular weight excluding hydrogens is 259 g/mol. The van der Waals surface area contributed by atoms with Crippen LogP contribution in [0.25, 0.3) is 0 Å². The normalized spacial score (nSPS) is 12.0. The van der Waals surface area contributed by atoms with Crippen molar-refractivity contribution in [3.63, 3.8) is 0 Å². The largest absolute Gasteiger partial charge is 0.493 e. The van der Waals surface area contributed by atoms with Gasteiger partial charge in [0.15, 0.2) is 11.5 Å². The van der Waals surface area contributed by atoms with E-state index in [-0.39, 0.29) is 5.82 Å². The van der Waals surface area contributed by atoms with Gasteiger partial charge in [-0.1, -0.05) is 18.2 Å². The predicted molar refractivity (Wildman–Crippen MR) is 74.6 cm³/mol. The Hall–Kier alpha value is -2.07. The van der Waals surface area contributed by atoms with Crippen molar-refractivity contribution in [1.29, 1.82) is 0 Å². The monoisotopic (exact) mass is 276 g/mol. The number of hydrogen-bond acceptors (Lipinski definition) is 3. The highest BCUT2D eigenvalue weighted by atomic mass is 19.1. The van der Waals surface area contributed by atoms with Gasteiger partial charge in [-0.05, 0) is 35.4 Å². The SMILES string of the molecule is COc1ccc(C(O)Cc2ccc(F)cc2)cc1OC. The van der Waals surface area contributed by atoms with Gasteiger partial charge in [-0.2, -0.15) is 0 Å². The summed E-state index contributed by atoms with van der Waals surface area (Å²) >= 11 is 0. The molecule has 20 heavy (non-hydrogen) atoms. The van der Waals surface area contributed by atoms with Gasteiger partial charge >= 0.3 is 0 Å². The summed E-state index contributed by atoms with van der Waals surface area (Å²) in [5, 5.41) is 10.2. The van der Waals surface area contributed by atoms with E-state index < -0.39 is 6.10 Å². The van der Waals surface area contributed by atoms with Gasteiger partial charge in [0.1, 0.15) is 5.82 Å². The van der Waals surface area contributed by atoms with Gasteiger partial charge < -0.3 is 14.6 Å². The molecule has 1 N–H and O–H groups in total. The Kier molecular flexibility index (Phi) is 4.58. The van der Waals surface area contributed by atoms with Gasteiger partial charge in [-0.25, -0.2) is 4.39 Å². The van der Waals surface area contributed by atoms with Crippen LogP contribution in [0.4, 0.5) is 4.39 Å². The highest BCUT2D eigenvalue weighted by Crippen LogP contribution is 2.30. The topological polar surface area (TPSA) is 38.7 Å². The number of methoxy groups -OCH3 is 2. The molecule has 0 fully saturated rings. The lowest BCUT2D eigenvalue weighted by molar-refractivity contribution is 0.178. The molecule has 1 atom stereocenters. The Morgan fingerprint density at radius 3 is 2.25 bits per heavy atom. The number of rotatable bonds is 5. The maximum absolute atomic E-state index is 12.8. The molecule has 0 saturated heterocycles. The van der Waals surface area contributed by atoms with E-state index in [0.717, 1.165) is 11.1 Å². The van der Waals surface area contributed by atoms with Crippen LogP contribution in [-0.2, 0) is 6.42 Å². The number of aliphatic hydroxyl groups is 1. The molecule has 2 aromatic rings. The molecular formula is C16H17FO3. The molecule has 1 unspecified atom stereocenters. The predicted octanol–water partition coefficient (Wildman–Crippen LogP) is 3.12. The third-order valence-corrected chi connectivity index (χ3v) is 3.13. The fourth-order valence-corrected chi connectivity index (χ4v) is 2.02. The van der Waals surface area contributed by atoms with Crippen LogP contribution < -0.4 is 9.47 Å². The first-order valence-electron chi connectivity index (χ1n) is 6.28. The van der Waals surface area contributed by atoms with Crippen LogP contribution in [0, 0.1) is 5.82 Å². The molecule has 0 aliphatic rings. The maximum Gasteiger partial charge on any atom is 0.161 e. The van der Waals surface area contributed by atoms with Crippen molar-refractivity contribution >= 4 is 0 Å². The molecule has 106 valence electrons. The summed E-state index contributed by atoms with van der Waals surface area (Å²) in [4.78, 5) is 0. The van der Waals surface area contributed by atoms with E-state index in [9.17, 15) is 9.50 Å². The zero-order valence-corrected chi connectivity index (χ0v) is 11.5. The third-order valence-electron chi connectivity index (χ3n) is 3.13. The summed E-state index contributed by atoms with van der Waals surface area (Å²) in [5.74, 6) is 0.905. The van der Waals surface area contributed by atoms with Gasteiger partial charge in [0.05, 0.1) is 20.3 Å². The van der Waals surface area contributed by atoms with Gasteiger partial charge in [0.25, 0.3) is 0 Å². The molecule has 0 aromatic heterocycles. The van der Waals surface area contributed by atoms with Crippen LogP contribution in [0.5, 0.6) is 11.5 Å². The van der Waals surface area contributed by atoms with Crippen LogP contribution in [0.1, 0.15) is 17.2 Å². The Balaban J connectivity index is 2.16. The van der Waals surface area contributed by atoms with E-state index in [4.69, 9.17) is 9.47 Å². The standard InChI is InChI=1S/C16H17FO3/c1-19-15-8-5-12(10-16(15)20-2)14(18)9-11-3-6-13(17)7-4-11/h3-8,10,14,18H,9H2,1-2H3. The van der Waals surface area contributed by atoms with Crippen molar-refractivity contribution in [2.75, 3.05) is 14.2 Å². The molecule has 0 amide bonds. The molecule has 3 nitrogen and oxygen atoms in total.